The van der Waals surface area contributed by atoms with Gasteiger partial charge in [0, 0.05) is 25.2 Å². The molecule has 0 fully saturated rings. The van der Waals surface area contributed by atoms with Crippen molar-refractivity contribution < 1.29 is 9.59 Å². The maximum Gasteiger partial charge on any atom is 0.253 e. The summed E-state index contributed by atoms with van der Waals surface area (Å²) >= 11 is 11.2. The van der Waals surface area contributed by atoms with Crippen LogP contribution in [-0.4, -0.2) is 44.8 Å². The molecule has 1 aromatic rings. The molecule has 9 heteroatoms. The zero-order valence-corrected chi connectivity index (χ0v) is 10.4. The second-order valence-corrected chi connectivity index (χ2v) is 3.96. The highest BCUT2D eigenvalue weighted by molar-refractivity contribution is 6.31. The van der Waals surface area contributed by atoms with Gasteiger partial charge in [-0.1, -0.05) is 0 Å². The molecular formula is C9H7Cl2N5O2. The molecule has 0 saturated heterocycles. The van der Waals surface area contributed by atoms with Crippen molar-refractivity contribution in [1.82, 2.24) is 19.9 Å². The van der Waals surface area contributed by atoms with E-state index in [1.165, 1.54) is 12.2 Å². The lowest BCUT2D eigenvalue weighted by Crippen LogP contribution is -2.34. The molecule has 0 bridgehead atoms. The van der Waals surface area contributed by atoms with Crippen molar-refractivity contribution in [3.63, 3.8) is 0 Å². The Morgan fingerprint density at radius 1 is 1.06 bits per heavy atom. The summed E-state index contributed by atoms with van der Waals surface area (Å²) in [7, 11) is 0. The molecule has 1 N–H and O–H groups in total. The molecule has 2 heterocycles. The minimum absolute atomic E-state index is 0.0347. The van der Waals surface area contributed by atoms with Gasteiger partial charge < -0.3 is 5.32 Å². The number of carbonyl (C=O) groups excluding carboxylic acids is 2. The molecule has 0 radical (unpaired) electrons. The van der Waals surface area contributed by atoms with Crippen LogP contribution in [0.1, 0.15) is 0 Å². The molecule has 7 nitrogen and oxygen atoms in total. The van der Waals surface area contributed by atoms with Crippen molar-refractivity contribution in [1.29, 1.82) is 0 Å². The highest BCUT2D eigenvalue weighted by Crippen LogP contribution is 2.09. The molecule has 0 unspecified atom stereocenters. The van der Waals surface area contributed by atoms with Crippen LogP contribution in [0.25, 0.3) is 0 Å². The number of aromatic nitrogens is 3. The summed E-state index contributed by atoms with van der Waals surface area (Å²) in [6.07, 6.45) is 2.44. The average Bonchev–Trinajstić information content (AvgIpc) is 2.59. The third kappa shape index (κ3) is 2.93. The molecule has 0 atom stereocenters. The maximum atomic E-state index is 11.2. The second-order valence-electron chi connectivity index (χ2n) is 3.29. The van der Waals surface area contributed by atoms with Gasteiger partial charge in [0.15, 0.2) is 0 Å². The minimum atomic E-state index is -0.339. The van der Waals surface area contributed by atoms with Crippen LogP contribution in [0.2, 0.25) is 10.6 Å². The molecule has 0 aliphatic carbocycles. The Bertz CT molecular complexity index is 495. The highest BCUT2D eigenvalue weighted by atomic mass is 35.5. The number of nitrogens with zero attached hydrogens (tertiary/aromatic N) is 4. The average molecular weight is 288 g/mol. The third-order valence-corrected chi connectivity index (χ3v) is 2.44. The lowest BCUT2D eigenvalue weighted by Gasteiger charge is -2.13. The molecule has 0 saturated carbocycles. The summed E-state index contributed by atoms with van der Waals surface area (Å²) in [4.78, 5) is 34.7. The Morgan fingerprint density at radius 2 is 1.61 bits per heavy atom. The maximum absolute atomic E-state index is 11.2. The van der Waals surface area contributed by atoms with Crippen molar-refractivity contribution in [2.24, 2.45) is 0 Å². The van der Waals surface area contributed by atoms with Crippen molar-refractivity contribution in [2.75, 3.05) is 18.4 Å². The smallest absolute Gasteiger partial charge is 0.253 e. The Hall–Kier alpha value is -1.73. The van der Waals surface area contributed by atoms with E-state index in [-0.39, 0.29) is 41.4 Å². The number of nitrogens with one attached hydrogen (secondary N) is 1. The summed E-state index contributed by atoms with van der Waals surface area (Å²) in [5.41, 5.74) is 0. The number of hydrogen-bond acceptors (Lipinski definition) is 6. The van der Waals surface area contributed by atoms with Crippen molar-refractivity contribution in [3.05, 3.63) is 22.7 Å². The van der Waals surface area contributed by atoms with Gasteiger partial charge in [-0.15, -0.1) is 0 Å². The van der Waals surface area contributed by atoms with E-state index in [9.17, 15) is 9.59 Å². The Balaban J connectivity index is 1.89. The first-order valence-electron chi connectivity index (χ1n) is 4.91. The summed E-state index contributed by atoms with van der Waals surface area (Å²) in [6.45, 7) is 0.488. The quantitative estimate of drug-likeness (QED) is 0.812. The van der Waals surface area contributed by atoms with E-state index in [1.807, 2.05) is 0 Å². The molecule has 1 aliphatic heterocycles. The zero-order valence-electron chi connectivity index (χ0n) is 8.93. The number of halogens is 2. The molecule has 0 aromatic carbocycles. The molecule has 2 amide bonds. The van der Waals surface area contributed by atoms with Crippen LogP contribution >= 0.6 is 23.2 Å². The van der Waals surface area contributed by atoms with E-state index in [2.05, 4.69) is 20.3 Å². The summed E-state index contributed by atoms with van der Waals surface area (Å²) in [5.74, 6) is -0.492. The largest absolute Gasteiger partial charge is 0.352 e. The number of carbonyl (C=O) groups is 2. The molecule has 1 aliphatic rings. The Labute approximate surface area is 112 Å². The standard InChI is InChI=1S/C9H7Cl2N5O2/c10-7-13-8(11)15-9(14-7)12-3-4-16-5(17)1-2-6(16)18/h1-2H,3-4H2,(H,12,13,14,15). The number of amides is 2. The van der Waals surface area contributed by atoms with Crippen LogP contribution in [-0.2, 0) is 9.59 Å². The first kappa shape index (κ1) is 12.7. The van der Waals surface area contributed by atoms with E-state index < -0.39 is 0 Å². The monoisotopic (exact) mass is 287 g/mol. The predicted octanol–water partition coefficient (Wildman–Crippen LogP) is 0.515. The Morgan fingerprint density at radius 3 is 2.17 bits per heavy atom. The fourth-order valence-corrected chi connectivity index (χ4v) is 1.70. The van der Waals surface area contributed by atoms with E-state index >= 15 is 0 Å². The van der Waals surface area contributed by atoms with Gasteiger partial charge in [0.2, 0.25) is 16.5 Å². The highest BCUT2D eigenvalue weighted by Gasteiger charge is 2.22. The van der Waals surface area contributed by atoms with E-state index in [0.717, 1.165) is 4.90 Å². The molecule has 2 rings (SSSR count). The molecule has 18 heavy (non-hydrogen) atoms. The van der Waals surface area contributed by atoms with Gasteiger partial charge in [-0.3, -0.25) is 14.5 Å². The second kappa shape index (κ2) is 5.28. The van der Waals surface area contributed by atoms with Gasteiger partial charge in [0.1, 0.15) is 0 Å². The number of anilines is 1. The molecular weight excluding hydrogens is 281 g/mol. The van der Waals surface area contributed by atoms with Crippen molar-refractivity contribution in [2.45, 2.75) is 0 Å². The Kier molecular flexibility index (Phi) is 3.73. The number of rotatable bonds is 4. The molecule has 0 spiro atoms. The van der Waals surface area contributed by atoms with Crippen LogP contribution < -0.4 is 5.32 Å². The zero-order chi connectivity index (χ0) is 13.1. The van der Waals surface area contributed by atoms with Crippen LogP contribution in [0.3, 0.4) is 0 Å². The van der Waals surface area contributed by atoms with E-state index in [0.29, 0.717) is 0 Å². The van der Waals surface area contributed by atoms with Crippen LogP contribution in [0, 0.1) is 0 Å². The van der Waals surface area contributed by atoms with Gasteiger partial charge in [-0.25, -0.2) is 0 Å². The van der Waals surface area contributed by atoms with Gasteiger partial charge >= 0.3 is 0 Å². The fourth-order valence-electron chi connectivity index (χ4n) is 1.34. The van der Waals surface area contributed by atoms with Crippen LogP contribution in [0.4, 0.5) is 5.95 Å². The molecule has 1 aromatic heterocycles. The number of hydrogen-bond donors (Lipinski definition) is 1. The summed E-state index contributed by atoms with van der Waals surface area (Å²) in [6, 6.07) is 0. The van der Waals surface area contributed by atoms with Crippen LogP contribution in [0.5, 0.6) is 0 Å². The van der Waals surface area contributed by atoms with E-state index in [4.69, 9.17) is 23.2 Å². The first-order valence-corrected chi connectivity index (χ1v) is 5.66. The van der Waals surface area contributed by atoms with Gasteiger partial charge in [-0.05, 0) is 23.2 Å². The normalized spacial score (nSPS) is 14.4. The van der Waals surface area contributed by atoms with Crippen LogP contribution in [0.15, 0.2) is 12.2 Å². The van der Waals surface area contributed by atoms with Gasteiger partial charge in [0.25, 0.3) is 11.8 Å². The lowest BCUT2D eigenvalue weighted by atomic mass is 10.5. The fraction of sp³-hybridized carbons (Fsp3) is 0.222. The van der Waals surface area contributed by atoms with E-state index in [1.54, 1.807) is 0 Å². The van der Waals surface area contributed by atoms with Gasteiger partial charge in [-0.2, -0.15) is 15.0 Å². The molecule has 94 valence electrons. The summed E-state index contributed by atoms with van der Waals surface area (Å²) in [5, 5.41) is 2.72. The van der Waals surface area contributed by atoms with Crippen molar-refractivity contribution in [3.8, 4) is 0 Å². The van der Waals surface area contributed by atoms with Gasteiger partial charge in [0.05, 0.1) is 0 Å². The first-order chi connectivity index (χ1) is 8.56. The minimum Gasteiger partial charge on any atom is -0.352 e. The SMILES string of the molecule is O=C1C=CC(=O)N1CCNc1nc(Cl)nc(Cl)n1. The topological polar surface area (TPSA) is 88.1 Å². The predicted molar refractivity (Wildman–Crippen MR) is 64.2 cm³/mol. The number of imide groups is 1. The van der Waals surface area contributed by atoms with Crippen molar-refractivity contribution >= 4 is 41.0 Å². The third-order valence-electron chi connectivity index (χ3n) is 2.10. The lowest BCUT2D eigenvalue weighted by molar-refractivity contribution is -0.136. The summed E-state index contributed by atoms with van der Waals surface area (Å²) < 4.78 is 0.